The van der Waals surface area contributed by atoms with Crippen LogP contribution in [0.5, 0.6) is 11.5 Å². The number of carbonyl (C=O) groups excluding carboxylic acids is 2. The maximum atomic E-state index is 13.1. The van der Waals surface area contributed by atoms with Crippen LogP contribution in [0.4, 0.5) is 5.69 Å². The van der Waals surface area contributed by atoms with Crippen molar-refractivity contribution >= 4 is 35.3 Å². The van der Waals surface area contributed by atoms with Crippen LogP contribution in [-0.2, 0) is 4.79 Å². The molecule has 2 aliphatic rings. The normalized spacial score (nSPS) is 16.5. The highest BCUT2D eigenvalue weighted by Crippen LogP contribution is 2.42. The lowest BCUT2D eigenvalue weighted by molar-refractivity contribution is -0.114. The predicted molar refractivity (Wildman–Crippen MR) is 141 cm³/mol. The van der Waals surface area contributed by atoms with E-state index in [1.807, 2.05) is 43.3 Å². The second-order valence-electron chi connectivity index (χ2n) is 8.61. The summed E-state index contributed by atoms with van der Waals surface area (Å²) in [6.07, 6.45) is 9.85. The molecule has 1 aliphatic carbocycles. The fourth-order valence-electron chi connectivity index (χ4n) is 4.31. The van der Waals surface area contributed by atoms with Gasteiger partial charge in [-0.2, -0.15) is 0 Å². The summed E-state index contributed by atoms with van der Waals surface area (Å²) in [5.41, 5.74) is 3.59. The molecule has 0 spiro atoms. The molecule has 35 heavy (non-hydrogen) atoms. The standard InChI is InChI=1S/C28H32N2O4S/c1-4-34-23-12-10-20(16-24(23)33-3)17-26-28(32)30(2)22-18-21(11-13-25(22)35-26)27(31)29-15-14-19-8-6-5-7-9-19/h8,10-13,16-18H,4-7,9,14-15H2,1-3H3,(H,29,31). The topological polar surface area (TPSA) is 67.9 Å². The number of methoxy groups -OCH3 is 1. The van der Waals surface area contributed by atoms with Gasteiger partial charge in [-0.3, -0.25) is 9.59 Å². The molecule has 0 aromatic heterocycles. The van der Waals surface area contributed by atoms with Crippen LogP contribution in [-0.4, -0.2) is 39.1 Å². The lowest BCUT2D eigenvalue weighted by atomic mass is 9.97. The Labute approximate surface area is 211 Å². The molecule has 1 heterocycles. The zero-order chi connectivity index (χ0) is 24.8. The number of fused-ring (bicyclic) bond motifs is 1. The molecule has 1 aliphatic heterocycles. The molecule has 4 rings (SSSR count). The molecular formula is C28H32N2O4S. The smallest absolute Gasteiger partial charge is 0.264 e. The number of amides is 2. The number of allylic oxidation sites excluding steroid dienone is 1. The Bertz CT molecular complexity index is 1170. The zero-order valence-electron chi connectivity index (χ0n) is 20.6. The fourth-order valence-corrected chi connectivity index (χ4v) is 5.40. The van der Waals surface area contributed by atoms with E-state index in [2.05, 4.69) is 11.4 Å². The van der Waals surface area contributed by atoms with Crippen molar-refractivity contribution in [1.29, 1.82) is 0 Å². The Kier molecular flexibility index (Phi) is 8.18. The van der Waals surface area contributed by atoms with Gasteiger partial charge in [0, 0.05) is 24.1 Å². The van der Waals surface area contributed by atoms with Crippen molar-refractivity contribution in [3.63, 3.8) is 0 Å². The van der Waals surface area contributed by atoms with Gasteiger partial charge in [0.2, 0.25) is 0 Å². The van der Waals surface area contributed by atoms with Crippen molar-refractivity contribution in [2.45, 2.75) is 43.9 Å². The molecule has 2 amide bonds. The van der Waals surface area contributed by atoms with E-state index in [0.717, 1.165) is 35.4 Å². The average Bonchev–Trinajstić information content (AvgIpc) is 2.88. The molecule has 0 bridgehead atoms. The van der Waals surface area contributed by atoms with Gasteiger partial charge < -0.3 is 19.7 Å². The molecule has 0 saturated heterocycles. The minimum Gasteiger partial charge on any atom is -0.493 e. The van der Waals surface area contributed by atoms with Crippen LogP contribution in [0.2, 0.25) is 0 Å². The van der Waals surface area contributed by atoms with Crippen molar-refractivity contribution in [3.8, 4) is 11.5 Å². The van der Waals surface area contributed by atoms with Gasteiger partial charge in [-0.15, -0.1) is 0 Å². The van der Waals surface area contributed by atoms with Crippen molar-refractivity contribution in [1.82, 2.24) is 5.32 Å². The number of benzene rings is 2. The highest BCUT2D eigenvalue weighted by atomic mass is 32.2. The predicted octanol–water partition coefficient (Wildman–Crippen LogP) is 5.82. The van der Waals surface area contributed by atoms with Crippen LogP contribution in [0.3, 0.4) is 0 Å². The van der Waals surface area contributed by atoms with Crippen LogP contribution >= 0.6 is 11.8 Å². The van der Waals surface area contributed by atoms with Crippen LogP contribution < -0.4 is 19.7 Å². The minimum absolute atomic E-state index is 0.113. The van der Waals surface area contributed by atoms with Crippen LogP contribution in [0.25, 0.3) is 6.08 Å². The first kappa shape index (κ1) is 24.9. The monoisotopic (exact) mass is 492 g/mol. The number of hydrogen-bond acceptors (Lipinski definition) is 5. The summed E-state index contributed by atoms with van der Waals surface area (Å²) in [6, 6.07) is 11.1. The van der Waals surface area contributed by atoms with Crippen molar-refractivity contribution < 1.29 is 19.1 Å². The Hall–Kier alpha value is -3.19. The first-order valence-corrected chi connectivity index (χ1v) is 12.9. The second-order valence-corrected chi connectivity index (χ2v) is 9.70. The Morgan fingerprint density at radius 3 is 2.77 bits per heavy atom. The number of thioether (sulfide) groups is 1. The highest BCUT2D eigenvalue weighted by Gasteiger charge is 2.27. The van der Waals surface area contributed by atoms with Gasteiger partial charge in [0.05, 0.1) is 24.3 Å². The molecule has 2 aromatic carbocycles. The number of ether oxygens (including phenoxy) is 2. The molecule has 0 radical (unpaired) electrons. The van der Waals surface area contributed by atoms with Gasteiger partial charge in [-0.1, -0.05) is 29.5 Å². The third-order valence-electron chi connectivity index (χ3n) is 6.22. The molecular weight excluding hydrogens is 460 g/mol. The quantitative estimate of drug-likeness (QED) is 0.371. The van der Waals surface area contributed by atoms with Gasteiger partial charge in [-0.25, -0.2) is 0 Å². The van der Waals surface area contributed by atoms with E-state index in [1.165, 1.54) is 30.2 Å². The molecule has 0 saturated carbocycles. The van der Waals surface area contributed by atoms with Crippen LogP contribution in [0, 0.1) is 0 Å². The zero-order valence-corrected chi connectivity index (χ0v) is 21.4. The molecule has 0 fully saturated rings. The number of rotatable bonds is 8. The number of carbonyl (C=O) groups is 2. The first-order valence-electron chi connectivity index (χ1n) is 12.1. The van der Waals surface area contributed by atoms with E-state index in [9.17, 15) is 9.59 Å². The van der Waals surface area contributed by atoms with Gasteiger partial charge >= 0.3 is 0 Å². The molecule has 0 atom stereocenters. The number of likely N-dealkylation sites (N-methyl/N-ethyl adjacent to an activating group) is 1. The number of hydrogen-bond donors (Lipinski definition) is 1. The number of nitrogens with zero attached hydrogens (tertiary/aromatic N) is 1. The van der Waals surface area contributed by atoms with E-state index < -0.39 is 0 Å². The third kappa shape index (κ3) is 5.90. The summed E-state index contributed by atoms with van der Waals surface area (Å²) in [5.74, 6) is 1.07. The Morgan fingerprint density at radius 1 is 1.17 bits per heavy atom. The third-order valence-corrected chi connectivity index (χ3v) is 7.30. The Morgan fingerprint density at radius 2 is 2.03 bits per heavy atom. The summed E-state index contributed by atoms with van der Waals surface area (Å²) in [4.78, 5) is 29.0. The summed E-state index contributed by atoms with van der Waals surface area (Å²) in [5, 5.41) is 3.02. The lowest BCUT2D eigenvalue weighted by Crippen LogP contribution is -2.31. The van der Waals surface area contributed by atoms with E-state index in [1.54, 1.807) is 25.1 Å². The SMILES string of the molecule is CCOc1ccc(C=C2Sc3ccc(C(=O)NCCC4=CCCCC4)cc3N(C)C2=O)cc1OC. The molecule has 7 heteroatoms. The molecule has 6 nitrogen and oxygen atoms in total. The first-order chi connectivity index (χ1) is 17.0. The minimum atomic E-state index is -0.114. The summed E-state index contributed by atoms with van der Waals surface area (Å²) < 4.78 is 11.0. The maximum absolute atomic E-state index is 13.1. The summed E-state index contributed by atoms with van der Waals surface area (Å²) >= 11 is 1.41. The van der Waals surface area contributed by atoms with E-state index in [0.29, 0.717) is 35.1 Å². The average molecular weight is 493 g/mol. The van der Waals surface area contributed by atoms with Crippen LogP contribution in [0.1, 0.15) is 54.9 Å². The van der Waals surface area contributed by atoms with Crippen LogP contribution in [0.15, 0.2) is 57.8 Å². The largest absolute Gasteiger partial charge is 0.493 e. The molecule has 0 unspecified atom stereocenters. The summed E-state index contributed by atoms with van der Waals surface area (Å²) in [7, 11) is 3.34. The van der Waals surface area contributed by atoms with Gasteiger partial charge in [0.15, 0.2) is 11.5 Å². The van der Waals surface area contributed by atoms with Crippen molar-refractivity contribution in [3.05, 3.63) is 64.1 Å². The number of nitrogens with one attached hydrogen (secondary N) is 1. The Balaban J connectivity index is 1.47. The lowest BCUT2D eigenvalue weighted by Gasteiger charge is -2.27. The highest BCUT2D eigenvalue weighted by molar-refractivity contribution is 8.04. The van der Waals surface area contributed by atoms with Gasteiger partial charge in [-0.05, 0) is 81.0 Å². The van der Waals surface area contributed by atoms with Gasteiger partial charge in [0.25, 0.3) is 11.8 Å². The van der Waals surface area contributed by atoms with E-state index in [4.69, 9.17) is 9.47 Å². The van der Waals surface area contributed by atoms with Crippen molar-refractivity contribution in [2.75, 3.05) is 32.2 Å². The second kappa shape index (κ2) is 11.5. The van der Waals surface area contributed by atoms with E-state index >= 15 is 0 Å². The van der Waals surface area contributed by atoms with E-state index in [-0.39, 0.29) is 11.8 Å². The molecule has 184 valence electrons. The summed E-state index contributed by atoms with van der Waals surface area (Å²) in [6.45, 7) is 3.10. The number of anilines is 1. The molecule has 2 aromatic rings. The molecule has 1 N–H and O–H groups in total. The van der Waals surface area contributed by atoms with Crippen molar-refractivity contribution in [2.24, 2.45) is 0 Å². The fraction of sp³-hybridized carbons (Fsp3) is 0.357. The van der Waals surface area contributed by atoms with Gasteiger partial charge in [0.1, 0.15) is 0 Å². The maximum Gasteiger partial charge on any atom is 0.264 e.